The highest BCUT2D eigenvalue weighted by Gasteiger charge is 2.52. The SMILES string of the molecule is COC(=O)N[C@H](C(=O)N1CCC[C@H]1c1ncc(-c2ccc(-c3ccc(-c4cnc([C@H]5C6CCC(C6)[C@@H]5C(=O)NCc5cccnc5C(C)C)[nH]4)cc3)cc2)[nH]1)[C@@H](C)OC. The summed E-state index contributed by atoms with van der Waals surface area (Å²) >= 11 is 0. The van der Waals surface area contributed by atoms with Crippen molar-refractivity contribution in [1.29, 1.82) is 0 Å². The molecule has 3 aromatic heterocycles. The summed E-state index contributed by atoms with van der Waals surface area (Å²) in [5.74, 6) is 2.61. The molecular weight excluding hydrogens is 745 g/mol. The molecule has 3 fully saturated rings. The smallest absolute Gasteiger partial charge is 0.407 e. The Morgan fingerprint density at radius 2 is 1.44 bits per heavy atom. The van der Waals surface area contributed by atoms with Gasteiger partial charge >= 0.3 is 6.09 Å². The molecule has 8 rings (SSSR count). The summed E-state index contributed by atoms with van der Waals surface area (Å²) in [6.45, 7) is 7.05. The van der Waals surface area contributed by atoms with Crippen LogP contribution in [0.25, 0.3) is 33.6 Å². The van der Waals surface area contributed by atoms with Crippen LogP contribution in [0.3, 0.4) is 0 Å². The Bertz CT molecular complexity index is 2270. The zero-order chi connectivity index (χ0) is 41.2. The average Bonchev–Trinajstić information content (AvgIpc) is 4.13. The summed E-state index contributed by atoms with van der Waals surface area (Å²) in [5, 5.41) is 5.90. The van der Waals surface area contributed by atoms with Gasteiger partial charge in [0.05, 0.1) is 49.0 Å². The maximum absolute atomic E-state index is 13.8. The van der Waals surface area contributed by atoms with Gasteiger partial charge in [-0.2, -0.15) is 0 Å². The largest absolute Gasteiger partial charge is 0.453 e. The molecule has 3 amide bonds. The fourth-order valence-corrected chi connectivity index (χ4v) is 9.67. The number of nitrogens with zero attached hydrogens (tertiary/aromatic N) is 4. The van der Waals surface area contributed by atoms with E-state index in [9.17, 15) is 14.4 Å². The summed E-state index contributed by atoms with van der Waals surface area (Å²) in [5.41, 5.74) is 8.10. The summed E-state index contributed by atoms with van der Waals surface area (Å²) in [6.07, 6.45) is 9.18. The van der Waals surface area contributed by atoms with E-state index in [0.29, 0.717) is 36.7 Å². The van der Waals surface area contributed by atoms with Crippen molar-refractivity contribution in [2.75, 3.05) is 20.8 Å². The highest BCUT2D eigenvalue weighted by atomic mass is 16.5. The minimum atomic E-state index is -0.886. The first kappa shape index (κ1) is 40.0. The maximum atomic E-state index is 13.8. The second-order valence-electron chi connectivity index (χ2n) is 16.6. The predicted octanol–water partition coefficient (Wildman–Crippen LogP) is 7.52. The number of benzene rings is 2. The summed E-state index contributed by atoms with van der Waals surface area (Å²) in [4.78, 5) is 62.4. The van der Waals surface area contributed by atoms with Gasteiger partial charge in [0, 0.05) is 38.0 Å². The highest BCUT2D eigenvalue weighted by molar-refractivity contribution is 5.87. The average molecular weight is 799 g/mol. The van der Waals surface area contributed by atoms with E-state index in [-0.39, 0.29) is 29.7 Å². The van der Waals surface area contributed by atoms with Gasteiger partial charge in [-0.05, 0) is 90.7 Å². The summed E-state index contributed by atoms with van der Waals surface area (Å²) < 4.78 is 10.2. The van der Waals surface area contributed by atoms with Crippen molar-refractivity contribution < 1.29 is 23.9 Å². The number of carbonyl (C=O) groups excluding carboxylic acids is 3. The molecule has 2 saturated carbocycles. The van der Waals surface area contributed by atoms with E-state index in [4.69, 9.17) is 14.5 Å². The van der Waals surface area contributed by atoms with Crippen LogP contribution in [0.4, 0.5) is 4.79 Å². The predicted molar refractivity (Wildman–Crippen MR) is 224 cm³/mol. The molecule has 5 aromatic rings. The quantitative estimate of drug-likeness (QED) is 0.0949. The number of carbonyl (C=O) groups is 3. The molecule has 2 aromatic carbocycles. The van der Waals surface area contributed by atoms with Crippen molar-refractivity contribution in [2.24, 2.45) is 17.8 Å². The van der Waals surface area contributed by atoms with Crippen LogP contribution in [0.2, 0.25) is 0 Å². The van der Waals surface area contributed by atoms with Crippen LogP contribution in [-0.4, -0.2) is 80.6 Å². The number of ether oxygens (including phenoxy) is 2. The Hall–Kier alpha value is -5.82. The van der Waals surface area contributed by atoms with Crippen LogP contribution < -0.4 is 10.6 Å². The third-order valence-electron chi connectivity index (χ3n) is 12.8. The number of nitrogens with one attached hydrogen (secondary N) is 4. The topological polar surface area (TPSA) is 167 Å². The number of alkyl carbamates (subject to hydrolysis) is 1. The molecule has 7 atom stereocenters. The summed E-state index contributed by atoms with van der Waals surface area (Å²) in [6, 6.07) is 19.6. The van der Waals surface area contributed by atoms with Crippen molar-refractivity contribution in [3.8, 4) is 33.6 Å². The number of hydrogen-bond donors (Lipinski definition) is 4. The zero-order valence-corrected chi connectivity index (χ0v) is 34.4. The Kier molecular flexibility index (Phi) is 11.6. The Morgan fingerprint density at radius 3 is 2.08 bits per heavy atom. The molecule has 13 nitrogen and oxygen atoms in total. The van der Waals surface area contributed by atoms with Crippen LogP contribution in [0.15, 0.2) is 79.3 Å². The van der Waals surface area contributed by atoms with E-state index < -0.39 is 18.2 Å². The molecule has 2 unspecified atom stereocenters. The number of imidazole rings is 2. The number of rotatable bonds is 13. The van der Waals surface area contributed by atoms with Gasteiger partial charge in [-0.25, -0.2) is 14.8 Å². The lowest BCUT2D eigenvalue weighted by Crippen LogP contribution is -2.54. The molecule has 4 heterocycles. The molecular formula is C46H54N8O5. The number of pyridine rings is 1. The lowest BCUT2D eigenvalue weighted by molar-refractivity contribution is -0.137. The third-order valence-corrected chi connectivity index (χ3v) is 12.8. The maximum Gasteiger partial charge on any atom is 0.407 e. The molecule has 1 saturated heterocycles. The first-order valence-electron chi connectivity index (χ1n) is 20.8. The first-order chi connectivity index (χ1) is 28.6. The monoisotopic (exact) mass is 798 g/mol. The van der Waals surface area contributed by atoms with E-state index in [0.717, 1.165) is 82.8 Å². The molecule has 59 heavy (non-hydrogen) atoms. The number of hydrogen-bond acceptors (Lipinski definition) is 8. The second kappa shape index (κ2) is 17.2. The normalized spacial score (nSPS) is 22.1. The zero-order valence-electron chi connectivity index (χ0n) is 34.4. The molecule has 1 aliphatic heterocycles. The number of aromatic nitrogens is 5. The molecule has 0 spiro atoms. The fourth-order valence-electron chi connectivity index (χ4n) is 9.67. The minimum absolute atomic E-state index is 0.0803. The fraction of sp³-hybridized carbons (Fsp3) is 0.435. The lowest BCUT2D eigenvalue weighted by Gasteiger charge is -2.30. The van der Waals surface area contributed by atoms with Crippen LogP contribution in [-0.2, 0) is 25.6 Å². The van der Waals surface area contributed by atoms with Crippen LogP contribution in [0, 0.1) is 17.8 Å². The Morgan fingerprint density at radius 1 is 0.814 bits per heavy atom. The number of likely N-dealkylation sites (tertiary alicyclic amines) is 1. The van der Waals surface area contributed by atoms with Gasteiger partial charge in [0.25, 0.3) is 0 Å². The van der Waals surface area contributed by atoms with Gasteiger partial charge in [0.1, 0.15) is 17.7 Å². The van der Waals surface area contributed by atoms with E-state index in [1.165, 1.54) is 14.2 Å². The third kappa shape index (κ3) is 8.12. The van der Waals surface area contributed by atoms with Crippen molar-refractivity contribution in [1.82, 2.24) is 40.5 Å². The van der Waals surface area contributed by atoms with E-state index in [1.807, 2.05) is 18.5 Å². The molecule has 2 bridgehead atoms. The van der Waals surface area contributed by atoms with E-state index in [2.05, 4.69) is 99.0 Å². The van der Waals surface area contributed by atoms with Crippen molar-refractivity contribution in [2.45, 2.75) is 89.4 Å². The molecule has 0 radical (unpaired) electrons. The second-order valence-corrected chi connectivity index (χ2v) is 16.6. The first-order valence-corrected chi connectivity index (χ1v) is 20.8. The van der Waals surface area contributed by atoms with E-state index in [1.54, 1.807) is 18.0 Å². The Balaban J connectivity index is 0.916. The minimum Gasteiger partial charge on any atom is -0.453 e. The standard InChI is InChI=1S/C46H54N8O5/c1-26(2)40-34(8-6-20-47-40)23-50-44(55)39-33-19-18-32(22-33)38(39)43-49-25-36(52-43)31-16-12-29(13-17-31)28-10-14-30(15-11-28)35-24-48-42(51-35)37-9-7-21-54(37)45(56)41(27(3)58-4)53-46(57)59-5/h6,8,10-17,20,24-27,32-33,37-39,41H,7,9,18-19,21-23H2,1-5H3,(H,48,51)(H,49,52)(H,50,55)(H,53,57)/t27-,32?,33?,37+,38+,39+,41+/m1/s1. The van der Waals surface area contributed by atoms with Gasteiger partial charge in [0.2, 0.25) is 11.8 Å². The van der Waals surface area contributed by atoms with Crippen LogP contribution in [0.1, 0.15) is 93.7 Å². The molecule has 2 aliphatic carbocycles. The van der Waals surface area contributed by atoms with Crippen molar-refractivity contribution in [3.05, 3.63) is 102 Å². The summed E-state index contributed by atoms with van der Waals surface area (Å²) in [7, 11) is 2.77. The van der Waals surface area contributed by atoms with E-state index >= 15 is 0 Å². The van der Waals surface area contributed by atoms with Gasteiger partial charge < -0.3 is 35.0 Å². The van der Waals surface area contributed by atoms with Crippen LogP contribution >= 0.6 is 0 Å². The van der Waals surface area contributed by atoms with Crippen LogP contribution in [0.5, 0.6) is 0 Å². The molecule has 4 N–H and O–H groups in total. The number of aromatic amines is 2. The van der Waals surface area contributed by atoms with Crippen molar-refractivity contribution >= 4 is 17.9 Å². The lowest BCUT2D eigenvalue weighted by atomic mass is 9.78. The van der Waals surface area contributed by atoms with Gasteiger partial charge in [-0.1, -0.05) is 68.4 Å². The van der Waals surface area contributed by atoms with Gasteiger partial charge in [-0.15, -0.1) is 0 Å². The van der Waals surface area contributed by atoms with Gasteiger partial charge in [0.15, 0.2) is 0 Å². The number of H-pyrrole nitrogens is 2. The highest BCUT2D eigenvalue weighted by Crippen LogP contribution is 2.56. The number of methoxy groups -OCH3 is 2. The van der Waals surface area contributed by atoms with Crippen molar-refractivity contribution in [3.63, 3.8) is 0 Å². The Labute approximate surface area is 345 Å². The number of amides is 3. The van der Waals surface area contributed by atoms with Gasteiger partial charge in [-0.3, -0.25) is 14.6 Å². The molecule has 3 aliphatic rings. The molecule has 13 heteroatoms. The number of fused-ring (bicyclic) bond motifs is 2. The molecule has 308 valence electrons.